The predicted octanol–water partition coefficient (Wildman–Crippen LogP) is 4.91. The van der Waals surface area contributed by atoms with Gasteiger partial charge in [-0.15, -0.1) is 0 Å². The zero-order chi connectivity index (χ0) is 16.0. The zero-order valence-electron chi connectivity index (χ0n) is 14.3. The molecule has 1 aromatic carbocycles. The van der Waals surface area contributed by atoms with Gasteiger partial charge in [0.1, 0.15) is 5.75 Å². The van der Waals surface area contributed by atoms with Crippen LogP contribution < -0.4 is 10.1 Å². The highest BCUT2D eigenvalue weighted by molar-refractivity contribution is 9.10. The lowest BCUT2D eigenvalue weighted by Crippen LogP contribution is -2.35. The number of rotatable bonds is 7. The van der Waals surface area contributed by atoms with Crippen LogP contribution in [0.3, 0.4) is 0 Å². The molecule has 0 saturated heterocycles. The minimum atomic E-state index is 0.288. The summed E-state index contributed by atoms with van der Waals surface area (Å²) in [4.78, 5) is 0. The lowest BCUT2D eigenvalue weighted by molar-refractivity contribution is 0.228. The third kappa shape index (κ3) is 6.39. The molecule has 0 bridgehead atoms. The van der Waals surface area contributed by atoms with Gasteiger partial charge in [0, 0.05) is 0 Å². The second-order valence-corrected chi connectivity index (χ2v) is 8.14. The van der Waals surface area contributed by atoms with Crippen LogP contribution in [0.15, 0.2) is 22.7 Å². The highest BCUT2D eigenvalue weighted by Crippen LogP contribution is 2.31. The molecule has 3 heteroatoms. The van der Waals surface area contributed by atoms with Gasteiger partial charge in [0.15, 0.2) is 0 Å². The number of benzene rings is 1. The van der Waals surface area contributed by atoms with Gasteiger partial charge in [0.2, 0.25) is 0 Å². The van der Waals surface area contributed by atoms with Crippen molar-refractivity contribution in [1.82, 2.24) is 5.32 Å². The molecule has 0 radical (unpaired) electrons. The summed E-state index contributed by atoms with van der Waals surface area (Å²) in [5.41, 5.74) is 1.64. The molecule has 1 rings (SSSR count). The van der Waals surface area contributed by atoms with Crippen molar-refractivity contribution in [1.29, 1.82) is 0 Å². The second-order valence-electron chi connectivity index (χ2n) is 7.29. The lowest BCUT2D eigenvalue weighted by Gasteiger charge is -2.31. The molecule has 21 heavy (non-hydrogen) atoms. The largest absolute Gasteiger partial charge is 0.496 e. The van der Waals surface area contributed by atoms with Gasteiger partial charge in [-0.25, -0.2) is 0 Å². The predicted molar refractivity (Wildman–Crippen MR) is 95.1 cm³/mol. The molecule has 1 unspecified atom stereocenters. The molecule has 0 saturated carbocycles. The Bertz CT molecular complexity index is 437. The third-order valence-corrected chi connectivity index (χ3v) is 4.49. The van der Waals surface area contributed by atoms with Crippen molar-refractivity contribution in [2.75, 3.05) is 20.2 Å². The van der Waals surface area contributed by atoms with Crippen molar-refractivity contribution in [2.24, 2.45) is 17.3 Å². The van der Waals surface area contributed by atoms with Crippen LogP contribution >= 0.6 is 15.9 Å². The van der Waals surface area contributed by atoms with Crippen LogP contribution in [0.1, 0.15) is 40.2 Å². The van der Waals surface area contributed by atoms with Gasteiger partial charge >= 0.3 is 0 Å². The van der Waals surface area contributed by atoms with Crippen LogP contribution in [0, 0.1) is 17.3 Å². The number of halogens is 1. The van der Waals surface area contributed by atoms with E-state index in [1.54, 1.807) is 7.11 Å². The van der Waals surface area contributed by atoms with Crippen molar-refractivity contribution in [2.45, 2.75) is 41.0 Å². The number of hydrogen-bond acceptors (Lipinski definition) is 2. The van der Waals surface area contributed by atoms with E-state index in [1.807, 2.05) is 6.07 Å². The van der Waals surface area contributed by atoms with E-state index in [1.165, 1.54) is 5.56 Å². The Balaban J connectivity index is 2.74. The summed E-state index contributed by atoms with van der Waals surface area (Å²) in [7, 11) is 1.70. The van der Waals surface area contributed by atoms with Gasteiger partial charge < -0.3 is 10.1 Å². The van der Waals surface area contributed by atoms with Crippen LogP contribution in [0.5, 0.6) is 5.75 Å². The number of ether oxygens (including phenoxy) is 1. The number of nitrogens with one attached hydrogen (secondary N) is 1. The average Bonchev–Trinajstić information content (AvgIpc) is 2.36. The third-order valence-electron chi connectivity index (χ3n) is 3.87. The molecule has 0 aliphatic heterocycles. The normalized spacial score (nSPS) is 13.5. The summed E-state index contributed by atoms with van der Waals surface area (Å²) in [5, 5.41) is 3.61. The highest BCUT2D eigenvalue weighted by Gasteiger charge is 2.24. The van der Waals surface area contributed by atoms with Crippen LogP contribution in [-0.2, 0) is 6.42 Å². The van der Waals surface area contributed by atoms with Crippen LogP contribution in [0.2, 0.25) is 0 Å². The Morgan fingerprint density at radius 1 is 1.19 bits per heavy atom. The number of hydrogen-bond donors (Lipinski definition) is 1. The van der Waals surface area contributed by atoms with Gasteiger partial charge in [-0.3, -0.25) is 0 Å². The van der Waals surface area contributed by atoms with Crippen molar-refractivity contribution in [3.63, 3.8) is 0 Å². The van der Waals surface area contributed by atoms with E-state index in [-0.39, 0.29) is 5.41 Å². The molecule has 0 aliphatic rings. The molecule has 1 N–H and O–H groups in total. The minimum absolute atomic E-state index is 0.288. The Morgan fingerprint density at radius 3 is 2.33 bits per heavy atom. The van der Waals surface area contributed by atoms with Crippen LogP contribution in [0.25, 0.3) is 0 Å². The van der Waals surface area contributed by atoms with Crippen molar-refractivity contribution >= 4 is 15.9 Å². The number of methoxy groups -OCH3 is 1. The monoisotopic (exact) mass is 355 g/mol. The van der Waals surface area contributed by atoms with E-state index in [0.29, 0.717) is 11.8 Å². The maximum Gasteiger partial charge on any atom is 0.133 e. The Labute approximate surface area is 138 Å². The van der Waals surface area contributed by atoms with E-state index < -0.39 is 0 Å². The van der Waals surface area contributed by atoms with E-state index >= 15 is 0 Å². The molecular weight excluding hydrogens is 326 g/mol. The molecule has 0 spiro atoms. The quantitative estimate of drug-likeness (QED) is 0.750. The fraction of sp³-hybridized carbons (Fsp3) is 0.667. The first kappa shape index (κ1) is 18.5. The molecule has 120 valence electrons. The summed E-state index contributed by atoms with van der Waals surface area (Å²) < 4.78 is 6.34. The summed E-state index contributed by atoms with van der Waals surface area (Å²) in [6, 6.07) is 6.39. The van der Waals surface area contributed by atoms with Crippen molar-refractivity contribution in [3.8, 4) is 5.75 Å². The molecule has 2 nitrogen and oxygen atoms in total. The molecule has 0 heterocycles. The fourth-order valence-corrected chi connectivity index (χ4v) is 2.94. The Kier molecular flexibility index (Phi) is 7.22. The SMILES string of the molecule is COc1ccc(CC(CNCC(C)C)C(C)(C)C)cc1Br. The highest BCUT2D eigenvalue weighted by atomic mass is 79.9. The summed E-state index contributed by atoms with van der Waals surface area (Å²) in [6.07, 6.45) is 1.08. The summed E-state index contributed by atoms with van der Waals surface area (Å²) in [5.74, 6) is 2.20. The van der Waals surface area contributed by atoms with E-state index in [9.17, 15) is 0 Å². The fourth-order valence-electron chi connectivity index (χ4n) is 2.35. The molecular formula is C18H30BrNO. The second kappa shape index (κ2) is 8.19. The van der Waals surface area contributed by atoms with Gasteiger partial charge in [-0.2, -0.15) is 0 Å². The molecule has 0 amide bonds. The van der Waals surface area contributed by atoms with Gasteiger partial charge in [-0.1, -0.05) is 40.7 Å². The molecule has 0 aliphatic carbocycles. The van der Waals surface area contributed by atoms with Crippen LogP contribution in [0.4, 0.5) is 0 Å². The molecule has 0 fully saturated rings. The minimum Gasteiger partial charge on any atom is -0.496 e. The molecule has 1 aromatic rings. The van der Waals surface area contributed by atoms with Gasteiger partial charge in [0.05, 0.1) is 11.6 Å². The molecule has 1 atom stereocenters. The Morgan fingerprint density at radius 2 is 1.86 bits per heavy atom. The summed E-state index contributed by atoms with van der Waals surface area (Å²) >= 11 is 3.58. The van der Waals surface area contributed by atoms with E-state index in [4.69, 9.17) is 4.74 Å². The first-order valence-corrected chi connectivity index (χ1v) is 8.56. The average molecular weight is 356 g/mol. The maximum atomic E-state index is 5.30. The van der Waals surface area contributed by atoms with Gasteiger partial charge in [0.25, 0.3) is 0 Å². The van der Waals surface area contributed by atoms with Crippen LogP contribution in [-0.4, -0.2) is 20.2 Å². The lowest BCUT2D eigenvalue weighted by atomic mass is 9.77. The smallest absolute Gasteiger partial charge is 0.133 e. The van der Waals surface area contributed by atoms with E-state index in [0.717, 1.165) is 29.7 Å². The van der Waals surface area contributed by atoms with Crippen molar-refractivity contribution < 1.29 is 4.74 Å². The first-order valence-electron chi connectivity index (χ1n) is 7.77. The molecule has 0 aromatic heterocycles. The standard InChI is InChI=1S/C18H30BrNO/c1-13(2)11-20-12-15(18(3,4)5)9-14-7-8-17(21-6)16(19)10-14/h7-8,10,13,15,20H,9,11-12H2,1-6H3. The topological polar surface area (TPSA) is 21.3 Å². The maximum absolute atomic E-state index is 5.30. The Hall–Kier alpha value is -0.540. The van der Waals surface area contributed by atoms with E-state index in [2.05, 4.69) is 68.0 Å². The van der Waals surface area contributed by atoms with Crippen molar-refractivity contribution in [3.05, 3.63) is 28.2 Å². The summed E-state index contributed by atoms with van der Waals surface area (Å²) in [6.45, 7) is 13.6. The van der Waals surface area contributed by atoms with Gasteiger partial charge in [-0.05, 0) is 70.4 Å². The first-order chi connectivity index (χ1) is 9.74. The zero-order valence-corrected chi connectivity index (χ0v) is 15.9.